The molecule has 2 aromatic rings. The van der Waals surface area contributed by atoms with Gasteiger partial charge in [0.25, 0.3) is 0 Å². The van der Waals surface area contributed by atoms with Crippen molar-refractivity contribution in [2.45, 2.75) is 65.2 Å². The highest BCUT2D eigenvalue weighted by atomic mass is 16.7. The second kappa shape index (κ2) is 7.29. The van der Waals surface area contributed by atoms with Gasteiger partial charge in [0.1, 0.15) is 0 Å². The molecule has 0 radical (unpaired) electrons. The zero-order valence-corrected chi connectivity index (χ0v) is 18.0. The van der Waals surface area contributed by atoms with Crippen LogP contribution in [-0.4, -0.2) is 45.5 Å². The van der Waals surface area contributed by atoms with Crippen molar-refractivity contribution in [1.29, 1.82) is 0 Å². The number of amides is 1. The molecule has 1 aromatic carbocycles. The van der Waals surface area contributed by atoms with Crippen molar-refractivity contribution in [1.82, 2.24) is 14.7 Å². The maximum atomic E-state index is 12.7. The first-order chi connectivity index (χ1) is 13.7. The van der Waals surface area contributed by atoms with Gasteiger partial charge in [-0.3, -0.25) is 4.79 Å². The average molecular weight is 395 g/mol. The molecule has 7 heteroatoms. The summed E-state index contributed by atoms with van der Waals surface area (Å²) in [7, 11) is -0.462. The van der Waals surface area contributed by atoms with Crippen LogP contribution in [0, 0.1) is 5.92 Å². The predicted octanol–water partition coefficient (Wildman–Crippen LogP) is 2.93. The van der Waals surface area contributed by atoms with Crippen molar-refractivity contribution < 1.29 is 14.1 Å². The van der Waals surface area contributed by atoms with Crippen molar-refractivity contribution in [2.75, 3.05) is 6.54 Å². The second-order valence-corrected chi connectivity index (χ2v) is 9.05. The molecule has 0 N–H and O–H groups in total. The summed E-state index contributed by atoms with van der Waals surface area (Å²) in [5.74, 6) is 0.446. The maximum absolute atomic E-state index is 12.7. The monoisotopic (exact) mass is 395 g/mol. The number of carbonyl (C=O) groups excluding carboxylic acids is 1. The second-order valence-electron chi connectivity index (χ2n) is 9.05. The Labute approximate surface area is 173 Å². The van der Waals surface area contributed by atoms with E-state index >= 15 is 0 Å². The third-order valence-electron chi connectivity index (χ3n) is 6.38. The van der Waals surface area contributed by atoms with E-state index in [1.54, 1.807) is 6.20 Å². The van der Waals surface area contributed by atoms with Gasteiger partial charge in [0.15, 0.2) is 0 Å². The van der Waals surface area contributed by atoms with E-state index in [4.69, 9.17) is 9.31 Å². The van der Waals surface area contributed by atoms with Gasteiger partial charge < -0.3 is 14.2 Å². The summed E-state index contributed by atoms with van der Waals surface area (Å²) >= 11 is 0. The standard InChI is InChI=1S/C22H30BN3O3/c1-6-25(20(27)16-8-9-16)15-17-14-18(26-13-7-12-24-26)10-11-19(17)23-28-21(2,3)22(4,5)29-23/h7,10-14,16H,6,8-9,15H2,1-5H3. The minimum absolute atomic E-state index is 0.199. The van der Waals surface area contributed by atoms with Crippen LogP contribution in [0.1, 0.15) is 53.0 Å². The SMILES string of the molecule is CCN(Cc1cc(-n2cccn2)ccc1B1OC(C)(C)C(C)(C)O1)C(=O)C1CC1. The fourth-order valence-corrected chi connectivity index (χ4v) is 3.63. The Morgan fingerprint density at radius 2 is 1.93 bits per heavy atom. The van der Waals surface area contributed by atoms with Gasteiger partial charge in [-0.1, -0.05) is 6.07 Å². The molecule has 0 bridgehead atoms. The fraction of sp³-hybridized carbons (Fsp3) is 0.545. The summed E-state index contributed by atoms with van der Waals surface area (Å²) in [5.41, 5.74) is 2.14. The lowest BCUT2D eigenvalue weighted by molar-refractivity contribution is -0.132. The molecule has 0 spiro atoms. The van der Waals surface area contributed by atoms with Gasteiger partial charge in [0.05, 0.1) is 16.9 Å². The van der Waals surface area contributed by atoms with Gasteiger partial charge in [0.2, 0.25) is 5.91 Å². The number of aromatic nitrogens is 2. The van der Waals surface area contributed by atoms with E-state index in [9.17, 15) is 4.79 Å². The molecule has 2 fully saturated rings. The van der Waals surface area contributed by atoms with Crippen LogP contribution in [0.5, 0.6) is 0 Å². The number of hydrogen-bond donors (Lipinski definition) is 0. The lowest BCUT2D eigenvalue weighted by atomic mass is 9.75. The molecule has 1 amide bonds. The lowest BCUT2D eigenvalue weighted by Crippen LogP contribution is -2.41. The number of rotatable bonds is 6. The van der Waals surface area contributed by atoms with E-state index in [1.165, 1.54) is 0 Å². The number of nitrogens with zero attached hydrogens (tertiary/aromatic N) is 3. The Balaban J connectivity index is 1.69. The Bertz CT molecular complexity index is 875. The van der Waals surface area contributed by atoms with E-state index in [2.05, 4.69) is 38.9 Å². The number of hydrogen-bond acceptors (Lipinski definition) is 4. The van der Waals surface area contributed by atoms with Gasteiger partial charge in [-0.15, -0.1) is 0 Å². The Morgan fingerprint density at radius 1 is 1.24 bits per heavy atom. The van der Waals surface area contributed by atoms with Gasteiger partial charge in [-0.2, -0.15) is 5.10 Å². The van der Waals surface area contributed by atoms with Crippen molar-refractivity contribution in [3.63, 3.8) is 0 Å². The predicted molar refractivity (Wildman–Crippen MR) is 113 cm³/mol. The van der Waals surface area contributed by atoms with E-state index in [0.717, 1.165) is 29.6 Å². The van der Waals surface area contributed by atoms with Crippen LogP contribution >= 0.6 is 0 Å². The summed E-state index contributed by atoms with van der Waals surface area (Å²) < 4.78 is 14.4. The third kappa shape index (κ3) is 3.86. The molecule has 0 atom stereocenters. The first kappa shape index (κ1) is 20.2. The van der Waals surface area contributed by atoms with Gasteiger partial charge in [0, 0.05) is 31.4 Å². The summed E-state index contributed by atoms with van der Waals surface area (Å²) in [4.78, 5) is 14.7. The van der Waals surface area contributed by atoms with Crippen LogP contribution < -0.4 is 5.46 Å². The van der Waals surface area contributed by atoms with Crippen LogP contribution in [0.25, 0.3) is 5.69 Å². The Morgan fingerprint density at radius 3 is 2.48 bits per heavy atom. The van der Waals surface area contributed by atoms with Crippen molar-refractivity contribution in [3.05, 3.63) is 42.2 Å². The molecule has 1 saturated carbocycles. The van der Waals surface area contributed by atoms with E-state index < -0.39 is 18.3 Å². The third-order valence-corrected chi connectivity index (χ3v) is 6.38. The molecule has 6 nitrogen and oxygen atoms in total. The average Bonchev–Trinajstić information content (AvgIpc) is 3.32. The highest BCUT2D eigenvalue weighted by molar-refractivity contribution is 6.62. The summed E-state index contributed by atoms with van der Waals surface area (Å²) in [6, 6.07) is 8.06. The molecule has 2 aliphatic rings. The van der Waals surface area contributed by atoms with Gasteiger partial charge in [-0.05, 0) is 76.7 Å². The minimum atomic E-state index is -0.462. The first-order valence-corrected chi connectivity index (χ1v) is 10.5. The van der Waals surface area contributed by atoms with Crippen molar-refractivity contribution >= 4 is 18.5 Å². The molecule has 2 heterocycles. The summed E-state index contributed by atoms with van der Waals surface area (Å²) in [5, 5.41) is 4.35. The quantitative estimate of drug-likeness (QED) is 0.706. The normalized spacial score (nSPS) is 20.1. The zero-order chi connectivity index (χ0) is 20.8. The van der Waals surface area contributed by atoms with Crippen LogP contribution in [0.3, 0.4) is 0 Å². The Kier molecular flexibility index (Phi) is 5.07. The number of carbonyl (C=O) groups is 1. The van der Waals surface area contributed by atoms with Crippen molar-refractivity contribution in [2.24, 2.45) is 5.92 Å². The molecule has 1 aliphatic carbocycles. The van der Waals surface area contributed by atoms with Crippen molar-refractivity contribution in [3.8, 4) is 5.69 Å². The molecule has 29 heavy (non-hydrogen) atoms. The molecule has 1 aliphatic heterocycles. The summed E-state index contributed by atoms with van der Waals surface area (Å²) in [6.07, 6.45) is 5.69. The number of benzene rings is 1. The van der Waals surface area contributed by atoms with E-state index in [0.29, 0.717) is 13.1 Å². The molecule has 154 valence electrons. The molecular weight excluding hydrogens is 365 g/mol. The van der Waals surface area contributed by atoms with Crippen LogP contribution in [-0.2, 0) is 20.6 Å². The maximum Gasteiger partial charge on any atom is 0.495 e. The molecule has 1 aromatic heterocycles. The Hall–Kier alpha value is -2.12. The first-order valence-electron chi connectivity index (χ1n) is 10.5. The van der Waals surface area contributed by atoms with E-state index in [-0.39, 0.29) is 11.8 Å². The van der Waals surface area contributed by atoms with Gasteiger partial charge in [-0.25, -0.2) is 4.68 Å². The molecule has 1 saturated heterocycles. The zero-order valence-electron chi connectivity index (χ0n) is 18.0. The highest BCUT2D eigenvalue weighted by Crippen LogP contribution is 2.37. The van der Waals surface area contributed by atoms with Crippen LogP contribution in [0.2, 0.25) is 0 Å². The highest BCUT2D eigenvalue weighted by Gasteiger charge is 2.52. The molecule has 0 unspecified atom stereocenters. The largest absolute Gasteiger partial charge is 0.495 e. The molecular formula is C22H30BN3O3. The fourth-order valence-electron chi connectivity index (χ4n) is 3.63. The smallest absolute Gasteiger partial charge is 0.399 e. The lowest BCUT2D eigenvalue weighted by Gasteiger charge is -2.32. The topological polar surface area (TPSA) is 56.6 Å². The minimum Gasteiger partial charge on any atom is -0.399 e. The van der Waals surface area contributed by atoms with Crippen LogP contribution in [0.15, 0.2) is 36.7 Å². The van der Waals surface area contributed by atoms with Crippen LogP contribution in [0.4, 0.5) is 0 Å². The van der Waals surface area contributed by atoms with Gasteiger partial charge >= 0.3 is 7.12 Å². The summed E-state index contributed by atoms with van der Waals surface area (Å²) in [6.45, 7) is 11.5. The van der Waals surface area contributed by atoms with E-state index in [1.807, 2.05) is 40.9 Å². The molecule has 4 rings (SSSR count).